The smallest absolute Gasteiger partial charge is 0.371 e. The number of carboxylic acid groups (broad SMARTS) is 1. The number of aromatic carboxylic acids is 1. The van der Waals surface area contributed by atoms with E-state index in [1.165, 1.54) is 35.6 Å². The summed E-state index contributed by atoms with van der Waals surface area (Å²) in [6.07, 6.45) is 1.54. The number of nitrogens with one attached hydrogen (secondary N) is 1. The van der Waals surface area contributed by atoms with Gasteiger partial charge in [-0.2, -0.15) is 5.01 Å². The fourth-order valence-electron chi connectivity index (χ4n) is 2.73. The van der Waals surface area contributed by atoms with Crippen molar-refractivity contribution >= 4 is 46.3 Å². The van der Waals surface area contributed by atoms with Crippen LogP contribution in [0.5, 0.6) is 0 Å². The van der Waals surface area contributed by atoms with Crippen molar-refractivity contribution in [1.82, 2.24) is 10.4 Å². The van der Waals surface area contributed by atoms with Crippen LogP contribution in [-0.4, -0.2) is 27.2 Å². The number of thioether (sulfide) groups is 1. The maximum Gasteiger partial charge on any atom is 0.371 e. The third kappa shape index (κ3) is 4.43. The first-order valence-corrected chi connectivity index (χ1v) is 10.4. The lowest BCUT2D eigenvalue weighted by molar-refractivity contribution is -0.125. The van der Waals surface area contributed by atoms with Gasteiger partial charge in [-0.25, -0.2) is 19.0 Å². The second-order valence-corrected chi connectivity index (χ2v) is 8.23. The van der Waals surface area contributed by atoms with Crippen LogP contribution in [0.25, 0.3) is 17.2 Å². The van der Waals surface area contributed by atoms with E-state index in [9.17, 15) is 23.2 Å². The Hall–Kier alpha value is -3.28. The molecule has 0 radical (unpaired) electrons. The summed E-state index contributed by atoms with van der Waals surface area (Å²) in [6.45, 7) is -0.0577. The van der Waals surface area contributed by atoms with Crippen LogP contribution in [0.15, 0.2) is 51.1 Å². The molecule has 0 aliphatic carbocycles. The van der Waals surface area contributed by atoms with Crippen molar-refractivity contribution in [3.05, 3.63) is 74.7 Å². The van der Waals surface area contributed by atoms with Crippen LogP contribution in [0.4, 0.5) is 13.6 Å². The zero-order valence-electron chi connectivity index (χ0n) is 15.4. The fraction of sp³-hybridized carbons (Fsp3) is 0.0500. The van der Waals surface area contributed by atoms with Crippen LogP contribution >= 0.6 is 23.1 Å². The number of nitrogens with zero attached hydrogens (tertiary/aromatic N) is 1. The molecule has 2 amide bonds. The van der Waals surface area contributed by atoms with Gasteiger partial charge in [0.25, 0.3) is 5.91 Å². The number of hydrogen-bond acceptors (Lipinski definition) is 7. The summed E-state index contributed by atoms with van der Waals surface area (Å²) in [5.41, 5.74) is 3.76. The zero-order valence-corrected chi connectivity index (χ0v) is 17.1. The summed E-state index contributed by atoms with van der Waals surface area (Å²) >= 11 is 2.02. The van der Waals surface area contributed by atoms with E-state index in [2.05, 4.69) is 5.43 Å². The van der Waals surface area contributed by atoms with E-state index in [0.29, 0.717) is 16.0 Å². The first-order valence-electron chi connectivity index (χ1n) is 8.69. The van der Waals surface area contributed by atoms with Gasteiger partial charge in [0.1, 0.15) is 5.76 Å². The third-order valence-corrected chi connectivity index (χ3v) is 5.97. The molecule has 0 saturated carbocycles. The van der Waals surface area contributed by atoms with Gasteiger partial charge >= 0.3 is 11.2 Å². The highest BCUT2D eigenvalue weighted by Gasteiger charge is 2.35. The van der Waals surface area contributed by atoms with Gasteiger partial charge in [0, 0.05) is 4.88 Å². The Morgan fingerprint density at radius 1 is 1.13 bits per heavy atom. The van der Waals surface area contributed by atoms with Gasteiger partial charge < -0.3 is 9.52 Å². The standard InChI is InChI=1S/C20H12F2N2O5S2/c21-14-3-1-10(6-15(14)22)11-5-13(30-9-11)7-17-18(25)24(20(28)31-17)23-8-12-2-4-16(29-12)19(26)27/h1-7,9,23H,8H2,(H,26,27). The van der Waals surface area contributed by atoms with Crippen LogP contribution in [-0.2, 0) is 11.3 Å². The summed E-state index contributed by atoms with van der Waals surface area (Å²) in [6, 6.07) is 7.98. The summed E-state index contributed by atoms with van der Waals surface area (Å²) in [5, 5.41) is 10.9. The van der Waals surface area contributed by atoms with Gasteiger partial charge in [-0.3, -0.25) is 9.59 Å². The number of hydrazine groups is 1. The molecule has 31 heavy (non-hydrogen) atoms. The Balaban J connectivity index is 1.46. The van der Waals surface area contributed by atoms with Crippen LogP contribution in [0, 0.1) is 11.6 Å². The normalized spacial score (nSPS) is 15.3. The summed E-state index contributed by atoms with van der Waals surface area (Å²) in [4.78, 5) is 36.4. The Morgan fingerprint density at radius 2 is 1.94 bits per heavy atom. The number of thiophene rings is 1. The monoisotopic (exact) mass is 462 g/mol. The van der Waals surface area contributed by atoms with E-state index < -0.39 is 28.8 Å². The van der Waals surface area contributed by atoms with Crippen LogP contribution < -0.4 is 5.43 Å². The van der Waals surface area contributed by atoms with Crippen molar-refractivity contribution in [2.75, 3.05) is 0 Å². The maximum atomic E-state index is 13.5. The number of carbonyl (C=O) groups excluding carboxylic acids is 2. The predicted molar refractivity (Wildman–Crippen MR) is 110 cm³/mol. The van der Waals surface area contributed by atoms with Crippen LogP contribution in [0.2, 0.25) is 0 Å². The molecule has 2 N–H and O–H groups in total. The number of imide groups is 1. The average molecular weight is 462 g/mol. The molecule has 0 spiro atoms. The van der Waals surface area contributed by atoms with Crippen molar-refractivity contribution in [3.63, 3.8) is 0 Å². The number of hydrogen-bond donors (Lipinski definition) is 2. The minimum atomic E-state index is -1.22. The molecule has 1 aliphatic heterocycles. The van der Waals surface area contributed by atoms with Crippen LogP contribution in [0.1, 0.15) is 21.2 Å². The van der Waals surface area contributed by atoms with Crippen molar-refractivity contribution < 1.29 is 32.7 Å². The molecule has 0 bridgehead atoms. The molecule has 1 saturated heterocycles. The van der Waals surface area contributed by atoms with Gasteiger partial charge in [0.05, 0.1) is 11.4 Å². The second kappa shape index (κ2) is 8.46. The first kappa shape index (κ1) is 21.0. The number of carbonyl (C=O) groups is 3. The summed E-state index contributed by atoms with van der Waals surface area (Å²) < 4.78 is 31.7. The number of halogens is 2. The molecular formula is C20H12F2N2O5S2. The molecule has 4 rings (SSSR count). The van der Waals surface area contributed by atoms with Gasteiger partial charge in [0.2, 0.25) is 5.76 Å². The van der Waals surface area contributed by atoms with Crippen molar-refractivity contribution in [2.24, 2.45) is 0 Å². The van der Waals surface area contributed by atoms with Crippen molar-refractivity contribution in [3.8, 4) is 11.1 Å². The highest BCUT2D eigenvalue weighted by Crippen LogP contribution is 2.34. The largest absolute Gasteiger partial charge is 0.475 e. The lowest BCUT2D eigenvalue weighted by Crippen LogP contribution is -2.40. The Labute approximate surface area is 181 Å². The molecule has 1 fully saturated rings. The van der Waals surface area contributed by atoms with E-state index in [4.69, 9.17) is 9.52 Å². The summed E-state index contributed by atoms with van der Waals surface area (Å²) in [7, 11) is 0. The first-order chi connectivity index (χ1) is 14.8. The van der Waals surface area contributed by atoms with Crippen molar-refractivity contribution in [2.45, 2.75) is 6.54 Å². The quantitative estimate of drug-likeness (QED) is 0.511. The van der Waals surface area contributed by atoms with E-state index in [1.54, 1.807) is 11.4 Å². The number of furan rings is 1. The highest BCUT2D eigenvalue weighted by molar-refractivity contribution is 8.18. The molecule has 0 unspecified atom stereocenters. The Morgan fingerprint density at radius 3 is 2.65 bits per heavy atom. The second-order valence-electron chi connectivity index (χ2n) is 6.29. The maximum absolute atomic E-state index is 13.5. The molecule has 158 valence electrons. The lowest BCUT2D eigenvalue weighted by Gasteiger charge is -2.12. The zero-order chi connectivity index (χ0) is 22.1. The molecule has 1 aliphatic rings. The van der Waals surface area contributed by atoms with Gasteiger partial charge in [-0.15, -0.1) is 11.3 Å². The van der Waals surface area contributed by atoms with Crippen LogP contribution in [0.3, 0.4) is 0 Å². The fourth-order valence-corrected chi connectivity index (χ4v) is 4.45. The van der Waals surface area contributed by atoms with E-state index in [-0.39, 0.29) is 23.0 Å². The molecule has 3 heterocycles. The number of carboxylic acids is 1. The molecule has 11 heteroatoms. The highest BCUT2D eigenvalue weighted by atomic mass is 32.2. The Kier molecular flexibility index (Phi) is 5.72. The minimum Gasteiger partial charge on any atom is -0.475 e. The predicted octanol–water partition coefficient (Wildman–Crippen LogP) is 4.73. The van der Waals surface area contributed by atoms with Gasteiger partial charge in [-0.05, 0) is 64.7 Å². The topological polar surface area (TPSA) is 99.9 Å². The average Bonchev–Trinajstić information content (AvgIpc) is 3.44. The van der Waals surface area contributed by atoms with E-state index in [1.807, 2.05) is 0 Å². The van der Waals surface area contributed by atoms with E-state index >= 15 is 0 Å². The SMILES string of the molecule is O=C(O)c1ccc(CNN2C(=O)SC(=Cc3cc(-c4ccc(F)c(F)c4)cs3)C2=O)o1. The number of benzene rings is 1. The molecule has 1 aromatic carbocycles. The molecule has 0 atom stereocenters. The molecule has 3 aromatic rings. The van der Waals surface area contributed by atoms with Gasteiger partial charge in [-0.1, -0.05) is 6.07 Å². The lowest BCUT2D eigenvalue weighted by atomic mass is 10.1. The van der Waals surface area contributed by atoms with E-state index in [0.717, 1.165) is 28.9 Å². The molecule has 7 nitrogen and oxygen atoms in total. The molecule has 2 aromatic heterocycles. The summed E-state index contributed by atoms with van der Waals surface area (Å²) in [5.74, 6) is -3.68. The number of amides is 2. The van der Waals surface area contributed by atoms with Crippen molar-refractivity contribution in [1.29, 1.82) is 0 Å². The number of rotatable bonds is 6. The van der Waals surface area contributed by atoms with Gasteiger partial charge in [0.15, 0.2) is 11.6 Å². The Bertz CT molecular complexity index is 1230. The third-order valence-electron chi connectivity index (χ3n) is 4.22. The molecular weight excluding hydrogens is 450 g/mol. The minimum absolute atomic E-state index is 0.0577.